The maximum atomic E-state index is 5.17. The number of rotatable bonds is 1. The highest BCUT2D eigenvalue weighted by Gasteiger charge is 2.10. The third-order valence-electron chi connectivity index (χ3n) is 1.71. The summed E-state index contributed by atoms with van der Waals surface area (Å²) >= 11 is 5.17. The lowest BCUT2D eigenvalue weighted by molar-refractivity contribution is 0.557. The lowest BCUT2D eigenvalue weighted by Gasteiger charge is -2.05. The SMILES string of the molecule is S=C1CC=CC=C1c1cocn1. The summed E-state index contributed by atoms with van der Waals surface area (Å²) in [6.45, 7) is 0. The van der Waals surface area contributed by atoms with Crippen LogP contribution in [0.25, 0.3) is 5.57 Å². The largest absolute Gasteiger partial charge is 0.451 e. The normalized spacial score (nSPS) is 16.3. The van der Waals surface area contributed by atoms with E-state index in [9.17, 15) is 0 Å². The van der Waals surface area contributed by atoms with Crippen LogP contribution in [0.4, 0.5) is 0 Å². The second-order valence-electron chi connectivity index (χ2n) is 2.51. The minimum Gasteiger partial charge on any atom is -0.451 e. The fourth-order valence-electron chi connectivity index (χ4n) is 1.12. The Morgan fingerprint density at radius 2 is 2.42 bits per heavy atom. The molecule has 12 heavy (non-hydrogen) atoms. The molecule has 0 unspecified atom stereocenters. The van der Waals surface area contributed by atoms with Gasteiger partial charge in [0.25, 0.3) is 0 Å². The maximum absolute atomic E-state index is 5.17. The monoisotopic (exact) mass is 177 g/mol. The van der Waals surface area contributed by atoms with Crippen LogP contribution < -0.4 is 0 Å². The van der Waals surface area contributed by atoms with Crippen LogP contribution in [0.1, 0.15) is 12.1 Å². The van der Waals surface area contributed by atoms with Gasteiger partial charge in [-0.05, 0) is 0 Å². The first-order valence-corrected chi connectivity index (χ1v) is 4.07. The van der Waals surface area contributed by atoms with Crippen LogP contribution in [0.5, 0.6) is 0 Å². The van der Waals surface area contributed by atoms with E-state index in [0.29, 0.717) is 0 Å². The van der Waals surface area contributed by atoms with Crippen molar-refractivity contribution < 1.29 is 4.42 Å². The van der Waals surface area contributed by atoms with Crippen molar-refractivity contribution in [2.45, 2.75) is 6.42 Å². The Bertz CT molecular complexity index is 349. The molecule has 0 N–H and O–H groups in total. The third-order valence-corrected chi connectivity index (χ3v) is 2.10. The van der Waals surface area contributed by atoms with Crippen LogP contribution in [-0.2, 0) is 0 Å². The van der Waals surface area contributed by atoms with Crippen molar-refractivity contribution >= 4 is 22.7 Å². The Morgan fingerprint density at radius 1 is 1.50 bits per heavy atom. The van der Waals surface area contributed by atoms with Gasteiger partial charge in [0.1, 0.15) is 12.0 Å². The van der Waals surface area contributed by atoms with Crippen LogP contribution >= 0.6 is 12.2 Å². The second-order valence-corrected chi connectivity index (χ2v) is 3.00. The fourth-order valence-corrected chi connectivity index (χ4v) is 1.38. The summed E-state index contributed by atoms with van der Waals surface area (Å²) in [5.41, 5.74) is 1.82. The molecule has 0 radical (unpaired) electrons. The van der Waals surface area contributed by atoms with Gasteiger partial charge < -0.3 is 4.42 Å². The van der Waals surface area contributed by atoms with Gasteiger partial charge in [0, 0.05) is 16.9 Å². The molecule has 0 atom stereocenters. The van der Waals surface area contributed by atoms with Crippen molar-refractivity contribution in [1.29, 1.82) is 0 Å². The van der Waals surface area contributed by atoms with Crippen LogP contribution in [0, 0.1) is 0 Å². The lowest BCUT2D eigenvalue weighted by Crippen LogP contribution is -2.00. The quantitative estimate of drug-likeness (QED) is 0.616. The van der Waals surface area contributed by atoms with Crippen molar-refractivity contribution in [3.8, 4) is 0 Å². The molecule has 0 amide bonds. The van der Waals surface area contributed by atoms with Crippen LogP contribution in [0.2, 0.25) is 0 Å². The Balaban J connectivity index is 2.40. The molecule has 0 saturated carbocycles. The number of nitrogens with zero attached hydrogens (tertiary/aromatic N) is 1. The minimum atomic E-state index is 0.823. The fraction of sp³-hybridized carbons (Fsp3) is 0.111. The summed E-state index contributed by atoms with van der Waals surface area (Å²) in [6.07, 6.45) is 9.83. The highest BCUT2D eigenvalue weighted by Crippen LogP contribution is 2.19. The van der Waals surface area contributed by atoms with Crippen LogP contribution in [0.15, 0.2) is 35.3 Å². The van der Waals surface area contributed by atoms with E-state index in [1.807, 2.05) is 18.2 Å². The van der Waals surface area contributed by atoms with E-state index in [-0.39, 0.29) is 0 Å². The van der Waals surface area contributed by atoms with E-state index < -0.39 is 0 Å². The molecule has 2 rings (SSSR count). The average Bonchev–Trinajstić information content (AvgIpc) is 2.57. The van der Waals surface area contributed by atoms with Crippen LogP contribution in [0.3, 0.4) is 0 Å². The number of hydrogen-bond donors (Lipinski definition) is 0. The Kier molecular flexibility index (Phi) is 1.87. The van der Waals surface area contributed by atoms with Gasteiger partial charge in [-0.3, -0.25) is 0 Å². The third kappa shape index (κ3) is 1.23. The molecule has 1 aliphatic rings. The predicted octanol–water partition coefficient (Wildman–Crippen LogP) is 2.39. The van der Waals surface area contributed by atoms with E-state index >= 15 is 0 Å². The van der Waals surface area contributed by atoms with Gasteiger partial charge in [-0.25, -0.2) is 4.98 Å². The summed E-state index contributed by atoms with van der Waals surface area (Å²) in [6, 6.07) is 0. The zero-order chi connectivity index (χ0) is 8.39. The van der Waals surface area contributed by atoms with Gasteiger partial charge in [-0.15, -0.1) is 0 Å². The first-order valence-electron chi connectivity index (χ1n) is 3.66. The summed E-state index contributed by atoms with van der Waals surface area (Å²) in [5, 5.41) is 0. The van der Waals surface area contributed by atoms with Crippen molar-refractivity contribution in [2.24, 2.45) is 0 Å². The van der Waals surface area contributed by atoms with Crippen molar-refractivity contribution in [3.63, 3.8) is 0 Å². The second kappa shape index (κ2) is 3.03. The molecule has 1 heterocycles. The number of allylic oxidation sites excluding steroid dienone is 4. The molecule has 1 aliphatic carbocycles. The standard InChI is InChI=1S/C9H7NOS/c12-9-4-2-1-3-7(9)8-5-11-6-10-8/h1-3,5-6H,4H2. The highest BCUT2D eigenvalue weighted by molar-refractivity contribution is 7.81. The van der Waals surface area contributed by atoms with Crippen molar-refractivity contribution in [3.05, 3.63) is 36.6 Å². The zero-order valence-corrected chi connectivity index (χ0v) is 7.17. The number of oxazole rings is 1. The van der Waals surface area contributed by atoms with E-state index in [1.54, 1.807) is 6.26 Å². The first-order chi connectivity index (χ1) is 5.88. The molecule has 0 bridgehead atoms. The van der Waals surface area contributed by atoms with Crippen molar-refractivity contribution in [1.82, 2.24) is 4.98 Å². The zero-order valence-electron chi connectivity index (χ0n) is 6.36. The molecular formula is C9H7NOS. The molecule has 0 aliphatic heterocycles. The van der Waals surface area contributed by atoms with E-state index in [1.165, 1.54) is 6.39 Å². The van der Waals surface area contributed by atoms with Gasteiger partial charge in [-0.2, -0.15) is 0 Å². The first kappa shape index (κ1) is 7.43. The Labute approximate surface area is 75.6 Å². The molecule has 0 spiro atoms. The van der Waals surface area contributed by atoms with Crippen molar-refractivity contribution in [2.75, 3.05) is 0 Å². The Hall–Kier alpha value is -1.22. The molecule has 0 fully saturated rings. The molecule has 60 valence electrons. The average molecular weight is 177 g/mol. The topological polar surface area (TPSA) is 26.0 Å². The number of aromatic nitrogens is 1. The molecule has 3 heteroatoms. The number of hydrogen-bond acceptors (Lipinski definition) is 3. The van der Waals surface area contributed by atoms with Gasteiger partial charge in [0.05, 0.1) is 0 Å². The van der Waals surface area contributed by atoms with Gasteiger partial charge in [-0.1, -0.05) is 30.4 Å². The summed E-state index contributed by atoms with van der Waals surface area (Å²) in [4.78, 5) is 4.96. The molecule has 1 aromatic heterocycles. The molecule has 1 aromatic rings. The highest BCUT2D eigenvalue weighted by atomic mass is 32.1. The molecule has 0 saturated heterocycles. The van der Waals surface area contributed by atoms with Crippen LogP contribution in [-0.4, -0.2) is 9.85 Å². The Morgan fingerprint density at radius 3 is 3.08 bits per heavy atom. The summed E-state index contributed by atoms with van der Waals surface area (Å²) in [7, 11) is 0. The molecule has 0 aromatic carbocycles. The smallest absolute Gasteiger partial charge is 0.181 e. The van der Waals surface area contributed by atoms with Gasteiger partial charge in [0.2, 0.25) is 0 Å². The molecular weight excluding hydrogens is 170 g/mol. The molecule has 2 nitrogen and oxygen atoms in total. The van der Waals surface area contributed by atoms with E-state index in [2.05, 4.69) is 4.98 Å². The van der Waals surface area contributed by atoms with Gasteiger partial charge >= 0.3 is 0 Å². The summed E-state index contributed by atoms with van der Waals surface area (Å²) in [5.74, 6) is 0. The summed E-state index contributed by atoms with van der Waals surface area (Å²) < 4.78 is 4.88. The van der Waals surface area contributed by atoms with E-state index in [4.69, 9.17) is 16.6 Å². The lowest BCUT2D eigenvalue weighted by atomic mass is 10.0. The predicted molar refractivity (Wildman–Crippen MR) is 50.8 cm³/mol. The maximum Gasteiger partial charge on any atom is 0.181 e. The minimum absolute atomic E-state index is 0.823. The number of thiocarbonyl (C=S) groups is 1. The van der Waals surface area contributed by atoms with E-state index in [0.717, 1.165) is 22.6 Å². The van der Waals surface area contributed by atoms with Gasteiger partial charge in [0.15, 0.2) is 6.39 Å².